The van der Waals surface area contributed by atoms with Crippen LogP contribution in [0.3, 0.4) is 0 Å². The summed E-state index contributed by atoms with van der Waals surface area (Å²) < 4.78 is 6.87. The van der Waals surface area contributed by atoms with Crippen molar-refractivity contribution < 1.29 is 35.1 Å². The number of allylic oxidation sites excluding steroid dienone is 2. The van der Waals surface area contributed by atoms with Gasteiger partial charge in [0, 0.05) is 18.2 Å². The summed E-state index contributed by atoms with van der Waals surface area (Å²) in [4.78, 5) is 8.36. The van der Waals surface area contributed by atoms with Crippen molar-refractivity contribution in [3.8, 4) is 11.5 Å². The van der Waals surface area contributed by atoms with Gasteiger partial charge in [0.2, 0.25) is 0 Å². The summed E-state index contributed by atoms with van der Waals surface area (Å²) in [6.07, 6.45) is 11.7. The molecule has 1 aromatic carbocycles. The van der Waals surface area contributed by atoms with Gasteiger partial charge >= 0.3 is 0 Å². The predicted molar refractivity (Wildman–Crippen MR) is 176 cm³/mol. The second kappa shape index (κ2) is 17.8. The van der Waals surface area contributed by atoms with Gasteiger partial charge in [-0.1, -0.05) is 38.8 Å². The molecule has 6 N–H and O–H groups in total. The first-order valence-corrected chi connectivity index (χ1v) is 16.5. The third kappa shape index (κ3) is 10.8. The van der Waals surface area contributed by atoms with Crippen molar-refractivity contribution in [2.24, 2.45) is 11.3 Å². The molecule has 3 rings (SSSR count). The van der Waals surface area contributed by atoms with E-state index in [4.69, 9.17) is 14.6 Å². The van der Waals surface area contributed by atoms with Crippen LogP contribution in [-0.4, -0.2) is 62.5 Å². The summed E-state index contributed by atoms with van der Waals surface area (Å²) in [6, 6.07) is 1.55. The fraction of sp³-hybridized carbons (Fsp3) is 0.694. The smallest absolute Gasteiger partial charge is 0.290 e. The molecule has 1 aliphatic carbocycles. The molecule has 1 aromatic rings. The maximum absolute atomic E-state index is 11.1. The average Bonchev–Trinajstić information content (AvgIpc) is 2.92. The zero-order valence-corrected chi connectivity index (χ0v) is 27.9. The van der Waals surface area contributed by atoms with Crippen LogP contribution in [0.2, 0.25) is 0 Å². The Morgan fingerprint density at radius 1 is 1.14 bits per heavy atom. The van der Waals surface area contributed by atoms with Gasteiger partial charge in [0.1, 0.15) is 11.5 Å². The summed E-state index contributed by atoms with van der Waals surface area (Å²) in [5, 5.41) is 53.0. The number of benzene rings is 1. The lowest BCUT2D eigenvalue weighted by molar-refractivity contribution is -0.149. The minimum absolute atomic E-state index is 0.0328. The highest BCUT2D eigenvalue weighted by Gasteiger charge is 2.43. The average molecular weight is 618 g/mol. The van der Waals surface area contributed by atoms with Crippen molar-refractivity contribution in [2.45, 2.75) is 149 Å². The lowest BCUT2D eigenvalue weighted by Gasteiger charge is -2.48. The molecule has 0 aromatic heterocycles. The molecule has 1 saturated carbocycles. The summed E-state index contributed by atoms with van der Waals surface area (Å²) in [7, 11) is 0. The number of ether oxygens (including phenoxy) is 1. The largest absolute Gasteiger partial charge is 0.508 e. The van der Waals surface area contributed by atoms with E-state index < -0.39 is 12.2 Å². The van der Waals surface area contributed by atoms with E-state index >= 15 is 0 Å². The van der Waals surface area contributed by atoms with Crippen LogP contribution in [-0.2, 0) is 16.0 Å². The molecule has 2 unspecified atom stereocenters. The number of hydrogen-bond acceptors (Lipinski definition) is 7. The second-order valence-corrected chi connectivity index (χ2v) is 13.7. The molecule has 1 aliphatic heterocycles. The van der Waals surface area contributed by atoms with E-state index in [9.17, 15) is 20.4 Å². The normalized spacial score (nSPS) is 22.1. The van der Waals surface area contributed by atoms with Crippen LogP contribution in [0.1, 0.15) is 115 Å². The van der Waals surface area contributed by atoms with Gasteiger partial charge in [0.15, 0.2) is 0 Å². The van der Waals surface area contributed by atoms with Gasteiger partial charge in [0.05, 0.1) is 30.5 Å². The molecule has 0 amide bonds. The highest BCUT2D eigenvalue weighted by molar-refractivity contribution is 5.50. The summed E-state index contributed by atoms with van der Waals surface area (Å²) in [5.74, 6) is 0.759. The molecule has 1 saturated heterocycles. The van der Waals surface area contributed by atoms with E-state index in [0.29, 0.717) is 31.6 Å². The number of aliphatic hydroxyl groups excluding tert-OH is 2. The zero-order chi connectivity index (χ0) is 33.0. The molecule has 0 bridgehead atoms. The van der Waals surface area contributed by atoms with Gasteiger partial charge in [-0.25, -0.2) is 0 Å². The fourth-order valence-electron chi connectivity index (χ4n) is 6.52. The Morgan fingerprint density at radius 2 is 1.75 bits per heavy atom. The van der Waals surface area contributed by atoms with Crippen LogP contribution in [0.5, 0.6) is 11.5 Å². The van der Waals surface area contributed by atoms with Crippen LogP contribution in [0.25, 0.3) is 0 Å². The highest BCUT2D eigenvalue weighted by Crippen LogP contribution is 2.43. The molecule has 250 valence electrons. The molecule has 1 heterocycles. The number of aromatic hydroxyl groups is 2. The van der Waals surface area contributed by atoms with Gasteiger partial charge in [-0.15, -0.1) is 6.58 Å². The summed E-state index contributed by atoms with van der Waals surface area (Å²) in [6.45, 7) is 16.1. The van der Waals surface area contributed by atoms with Crippen molar-refractivity contribution in [1.29, 1.82) is 0 Å². The van der Waals surface area contributed by atoms with Crippen molar-refractivity contribution in [3.63, 3.8) is 0 Å². The number of hydrogen-bond donors (Lipinski definition) is 6. The van der Waals surface area contributed by atoms with Crippen molar-refractivity contribution >= 4 is 6.47 Å². The van der Waals surface area contributed by atoms with Crippen LogP contribution in [0.4, 0.5) is 0 Å². The third-order valence-corrected chi connectivity index (χ3v) is 9.70. The minimum atomic E-state index is -0.535. The van der Waals surface area contributed by atoms with E-state index in [-0.39, 0.29) is 41.6 Å². The first-order chi connectivity index (χ1) is 20.7. The molecular weight excluding hydrogens is 558 g/mol. The lowest BCUT2D eigenvalue weighted by Crippen LogP contribution is -2.55. The Morgan fingerprint density at radius 3 is 2.27 bits per heavy atom. The Hall–Kier alpha value is -2.55. The van der Waals surface area contributed by atoms with E-state index in [1.165, 1.54) is 25.3 Å². The van der Waals surface area contributed by atoms with E-state index in [1.54, 1.807) is 0 Å². The van der Waals surface area contributed by atoms with E-state index in [1.807, 2.05) is 20.8 Å². The number of phenols is 2. The maximum atomic E-state index is 11.1. The number of carboxylic acid groups (broad SMARTS) is 1. The molecule has 8 nitrogen and oxygen atoms in total. The number of phenolic OH excluding ortho intramolecular Hbond substituents is 2. The van der Waals surface area contributed by atoms with Gasteiger partial charge in [0.25, 0.3) is 6.47 Å². The quantitative estimate of drug-likeness (QED) is 0.0930. The van der Waals surface area contributed by atoms with Crippen molar-refractivity contribution in [1.82, 2.24) is 5.32 Å². The van der Waals surface area contributed by atoms with Crippen LogP contribution in [0.15, 0.2) is 30.0 Å². The standard InChI is InChI=1S/C35H57NO5.CH2O2/c1-8-11-28(29(38)17-16-22(2)3)36-34(25-12-9-13-25)32-18-19-35(6,7)33(41-32)20-26(37)14-10-15-27-23(4)30(39)21-31(40)24(27)5;2-1-3/h11,21,25-26,29,32-34,36-40H,2,8-10,12-20H2,1,3-7H3;1H,(H,2,3)/b28-11+;/t26-,29+,32+,33?,34?;/m1./s1. The molecular formula is C36H59NO7. The maximum Gasteiger partial charge on any atom is 0.290 e. The Kier molecular flexibility index (Phi) is 15.2. The number of aliphatic hydroxyl groups is 2. The lowest BCUT2D eigenvalue weighted by atomic mass is 9.71. The Balaban J connectivity index is 0.00000216. The van der Waals surface area contributed by atoms with Crippen molar-refractivity contribution in [2.75, 3.05) is 0 Å². The van der Waals surface area contributed by atoms with Crippen LogP contribution in [0, 0.1) is 25.2 Å². The number of rotatable bonds is 15. The highest BCUT2D eigenvalue weighted by atomic mass is 16.5. The summed E-state index contributed by atoms with van der Waals surface area (Å²) >= 11 is 0. The topological polar surface area (TPSA) is 139 Å². The molecule has 2 aliphatic rings. The van der Waals surface area contributed by atoms with Gasteiger partial charge in [-0.2, -0.15) is 0 Å². The van der Waals surface area contributed by atoms with Crippen LogP contribution < -0.4 is 5.32 Å². The fourth-order valence-corrected chi connectivity index (χ4v) is 6.52. The Labute approximate surface area is 265 Å². The summed E-state index contributed by atoms with van der Waals surface area (Å²) in [5.41, 5.74) is 4.52. The monoisotopic (exact) mass is 617 g/mol. The van der Waals surface area contributed by atoms with Crippen LogP contribution >= 0.6 is 0 Å². The SMILES string of the molecule is C=C(C)CC[C@H](O)/C(=C\CC)NC(C1CCC1)[C@@H]1CCC(C)(C)C(C[C@H](O)CCCc2c(C)c(O)cc(O)c2C)O1.O=CO. The molecule has 8 heteroatoms. The molecule has 0 radical (unpaired) electrons. The van der Waals surface area contributed by atoms with Gasteiger partial charge < -0.3 is 35.6 Å². The van der Waals surface area contributed by atoms with Gasteiger partial charge in [-0.05, 0) is 113 Å². The molecule has 44 heavy (non-hydrogen) atoms. The zero-order valence-electron chi connectivity index (χ0n) is 27.9. The Bertz CT molecular complexity index is 1070. The molecule has 2 fully saturated rings. The van der Waals surface area contributed by atoms with Gasteiger partial charge in [-0.3, -0.25) is 4.79 Å². The first kappa shape index (κ1) is 37.6. The molecule has 5 atom stereocenters. The third-order valence-electron chi connectivity index (χ3n) is 9.70. The minimum Gasteiger partial charge on any atom is -0.508 e. The molecule has 0 spiro atoms. The second-order valence-electron chi connectivity index (χ2n) is 13.7. The number of nitrogens with one attached hydrogen (secondary N) is 1. The van der Waals surface area contributed by atoms with E-state index in [0.717, 1.165) is 60.1 Å². The number of carbonyl (C=O) groups is 1. The van der Waals surface area contributed by atoms with E-state index in [2.05, 4.69) is 38.7 Å². The predicted octanol–water partition coefficient (Wildman–Crippen LogP) is 6.83. The first-order valence-electron chi connectivity index (χ1n) is 16.5. The van der Waals surface area contributed by atoms with Crippen molar-refractivity contribution in [3.05, 3.63) is 46.7 Å².